The first-order valence-electron chi connectivity index (χ1n) is 8.49. The van der Waals surface area contributed by atoms with Crippen LogP contribution in [0.3, 0.4) is 0 Å². The summed E-state index contributed by atoms with van der Waals surface area (Å²) in [4.78, 5) is 11.3. The number of hydrogen-bond donors (Lipinski definition) is 1. The molecule has 128 valence electrons. The Morgan fingerprint density at radius 2 is 1.52 bits per heavy atom. The lowest BCUT2D eigenvalue weighted by molar-refractivity contribution is 0.625. The molecule has 4 heteroatoms. The molecule has 4 nitrogen and oxygen atoms in total. The van der Waals surface area contributed by atoms with Crippen molar-refractivity contribution in [3.05, 3.63) is 78.5 Å². The lowest BCUT2D eigenvalue weighted by Gasteiger charge is -2.26. The standard InChI is InChI=1S/C21H24N4/c1-21(2,3)24-20-22-15-14-19(23-20)25(18-12-8-5-9-13-18)16-17-10-6-4-7-11-17/h4-15H,16H2,1-3H3,(H,22,23,24). The van der Waals surface area contributed by atoms with E-state index in [2.05, 4.69) is 72.4 Å². The largest absolute Gasteiger partial charge is 0.350 e. The number of para-hydroxylation sites is 1. The lowest BCUT2D eigenvalue weighted by atomic mass is 10.1. The molecule has 0 amide bonds. The molecular formula is C21H24N4. The Hall–Kier alpha value is -2.88. The minimum Gasteiger partial charge on any atom is -0.350 e. The summed E-state index contributed by atoms with van der Waals surface area (Å²) in [5.41, 5.74) is 2.25. The molecule has 0 saturated carbocycles. The third kappa shape index (κ3) is 4.80. The fourth-order valence-corrected chi connectivity index (χ4v) is 2.57. The SMILES string of the molecule is CC(C)(C)Nc1nccc(N(Cc2ccccc2)c2ccccc2)n1. The maximum atomic E-state index is 4.73. The van der Waals surface area contributed by atoms with Crippen LogP contribution in [0.5, 0.6) is 0 Å². The van der Waals surface area contributed by atoms with Crippen molar-refractivity contribution >= 4 is 17.5 Å². The van der Waals surface area contributed by atoms with E-state index in [0.717, 1.165) is 18.1 Å². The van der Waals surface area contributed by atoms with E-state index in [-0.39, 0.29) is 5.54 Å². The Kier molecular flexibility index (Phi) is 4.98. The van der Waals surface area contributed by atoms with Gasteiger partial charge in [-0.25, -0.2) is 4.98 Å². The zero-order valence-corrected chi connectivity index (χ0v) is 15.0. The molecule has 0 radical (unpaired) electrons. The van der Waals surface area contributed by atoms with Crippen molar-refractivity contribution in [3.63, 3.8) is 0 Å². The van der Waals surface area contributed by atoms with E-state index in [1.165, 1.54) is 5.56 Å². The Labute approximate surface area is 149 Å². The summed E-state index contributed by atoms with van der Waals surface area (Å²) in [5.74, 6) is 1.51. The predicted molar refractivity (Wildman–Crippen MR) is 104 cm³/mol. The second kappa shape index (κ2) is 7.34. The number of nitrogens with zero attached hydrogens (tertiary/aromatic N) is 3. The number of benzene rings is 2. The van der Waals surface area contributed by atoms with Gasteiger partial charge in [-0.2, -0.15) is 4.98 Å². The summed E-state index contributed by atoms with van der Waals surface area (Å²) in [6.07, 6.45) is 1.80. The molecule has 1 heterocycles. The quantitative estimate of drug-likeness (QED) is 0.712. The van der Waals surface area contributed by atoms with Crippen molar-refractivity contribution in [2.24, 2.45) is 0 Å². The van der Waals surface area contributed by atoms with E-state index < -0.39 is 0 Å². The number of nitrogens with one attached hydrogen (secondary N) is 1. The zero-order valence-electron chi connectivity index (χ0n) is 15.0. The smallest absolute Gasteiger partial charge is 0.225 e. The van der Waals surface area contributed by atoms with E-state index in [1.54, 1.807) is 6.20 Å². The van der Waals surface area contributed by atoms with Crippen LogP contribution in [0, 0.1) is 0 Å². The van der Waals surface area contributed by atoms with Gasteiger partial charge in [-0.1, -0.05) is 48.5 Å². The summed E-state index contributed by atoms with van der Waals surface area (Å²) >= 11 is 0. The van der Waals surface area contributed by atoms with Crippen LogP contribution in [-0.4, -0.2) is 15.5 Å². The van der Waals surface area contributed by atoms with Crippen molar-refractivity contribution in [2.45, 2.75) is 32.9 Å². The summed E-state index contributed by atoms with van der Waals surface area (Å²) in [5, 5.41) is 3.34. The van der Waals surface area contributed by atoms with E-state index in [4.69, 9.17) is 4.98 Å². The first kappa shape index (κ1) is 17.0. The monoisotopic (exact) mass is 332 g/mol. The molecule has 1 N–H and O–H groups in total. The second-order valence-electron chi connectivity index (χ2n) is 7.02. The highest BCUT2D eigenvalue weighted by atomic mass is 15.2. The minimum atomic E-state index is -0.0877. The molecule has 3 rings (SSSR count). The van der Waals surface area contributed by atoms with Crippen LogP contribution in [0.1, 0.15) is 26.3 Å². The number of hydrogen-bond acceptors (Lipinski definition) is 4. The Balaban J connectivity index is 1.96. The molecule has 0 atom stereocenters. The van der Waals surface area contributed by atoms with Gasteiger partial charge in [0.25, 0.3) is 0 Å². The van der Waals surface area contributed by atoms with Crippen LogP contribution in [0.25, 0.3) is 0 Å². The van der Waals surface area contributed by atoms with E-state index in [0.29, 0.717) is 5.95 Å². The van der Waals surface area contributed by atoms with Gasteiger partial charge in [-0.05, 0) is 44.5 Å². The van der Waals surface area contributed by atoms with E-state index >= 15 is 0 Å². The molecule has 1 aromatic heterocycles. The highest BCUT2D eigenvalue weighted by Gasteiger charge is 2.15. The summed E-state index contributed by atoms with van der Waals surface area (Å²) in [6.45, 7) is 7.04. The van der Waals surface area contributed by atoms with Gasteiger partial charge in [-0.3, -0.25) is 0 Å². The molecule has 2 aromatic carbocycles. The van der Waals surface area contributed by atoms with Crippen molar-refractivity contribution in [3.8, 4) is 0 Å². The molecule has 0 unspecified atom stereocenters. The van der Waals surface area contributed by atoms with Crippen molar-refractivity contribution in [1.82, 2.24) is 9.97 Å². The van der Waals surface area contributed by atoms with Gasteiger partial charge in [0, 0.05) is 24.0 Å². The number of rotatable bonds is 5. The summed E-state index contributed by atoms with van der Waals surface area (Å²) < 4.78 is 0. The predicted octanol–water partition coefficient (Wildman–Crippen LogP) is 5.03. The van der Waals surface area contributed by atoms with Crippen molar-refractivity contribution in [2.75, 3.05) is 10.2 Å². The molecule has 0 aliphatic heterocycles. The maximum Gasteiger partial charge on any atom is 0.225 e. The van der Waals surface area contributed by atoms with Gasteiger partial charge in [0.1, 0.15) is 5.82 Å². The Morgan fingerprint density at radius 1 is 0.880 bits per heavy atom. The van der Waals surface area contributed by atoms with Crippen LogP contribution in [0.4, 0.5) is 17.5 Å². The zero-order chi connectivity index (χ0) is 17.7. The second-order valence-corrected chi connectivity index (χ2v) is 7.02. The number of aromatic nitrogens is 2. The first-order valence-corrected chi connectivity index (χ1v) is 8.49. The molecule has 0 spiro atoms. The minimum absolute atomic E-state index is 0.0877. The Bertz CT molecular complexity index is 795. The molecule has 0 aliphatic rings. The first-order chi connectivity index (χ1) is 12.0. The fraction of sp³-hybridized carbons (Fsp3) is 0.238. The van der Waals surface area contributed by atoms with Gasteiger partial charge in [0.2, 0.25) is 5.95 Å². The molecule has 25 heavy (non-hydrogen) atoms. The maximum absolute atomic E-state index is 4.73. The van der Waals surface area contributed by atoms with Crippen LogP contribution in [-0.2, 0) is 6.54 Å². The van der Waals surface area contributed by atoms with Crippen molar-refractivity contribution < 1.29 is 0 Å². The van der Waals surface area contributed by atoms with Crippen LogP contribution < -0.4 is 10.2 Å². The summed E-state index contributed by atoms with van der Waals surface area (Å²) in [6, 6.07) is 22.7. The highest BCUT2D eigenvalue weighted by molar-refractivity contribution is 5.60. The van der Waals surface area contributed by atoms with Gasteiger partial charge in [0.15, 0.2) is 0 Å². The topological polar surface area (TPSA) is 41.1 Å². The van der Waals surface area contributed by atoms with E-state index in [9.17, 15) is 0 Å². The molecule has 3 aromatic rings. The molecule has 0 aliphatic carbocycles. The highest BCUT2D eigenvalue weighted by Crippen LogP contribution is 2.26. The fourth-order valence-electron chi connectivity index (χ4n) is 2.57. The molecule has 0 saturated heterocycles. The molecular weight excluding hydrogens is 308 g/mol. The third-order valence-electron chi connectivity index (χ3n) is 3.66. The molecule has 0 bridgehead atoms. The third-order valence-corrected chi connectivity index (χ3v) is 3.66. The average molecular weight is 332 g/mol. The van der Waals surface area contributed by atoms with Crippen LogP contribution >= 0.6 is 0 Å². The summed E-state index contributed by atoms with van der Waals surface area (Å²) in [7, 11) is 0. The van der Waals surface area contributed by atoms with Crippen LogP contribution in [0.2, 0.25) is 0 Å². The van der Waals surface area contributed by atoms with Gasteiger partial charge < -0.3 is 10.2 Å². The van der Waals surface area contributed by atoms with Gasteiger partial charge in [0.05, 0.1) is 0 Å². The van der Waals surface area contributed by atoms with Gasteiger partial charge in [-0.15, -0.1) is 0 Å². The Morgan fingerprint density at radius 3 is 2.16 bits per heavy atom. The van der Waals surface area contributed by atoms with Crippen molar-refractivity contribution in [1.29, 1.82) is 0 Å². The average Bonchev–Trinajstić information content (AvgIpc) is 2.60. The molecule has 0 fully saturated rings. The van der Waals surface area contributed by atoms with Gasteiger partial charge >= 0.3 is 0 Å². The lowest BCUT2D eigenvalue weighted by Crippen LogP contribution is -2.28. The number of anilines is 3. The normalized spacial score (nSPS) is 11.2. The van der Waals surface area contributed by atoms with Crippen LogP contribution in [0.15, 0.2) is 72.9 Å². The van der Waals surface area contributed by atoms with E-state index in [1.807, 2.05) is 30.3 Å².